The molecule has 0 bridgehead atoms. The van der Waals surface area contributed by atoms with Crippen LogP contribution in [0.5, 0.6) is 0 Å². The van der Waals surface area contributed by atoms with Crippen molar-refractivity contribution in [3.63, 3.8) is 0 Å². The van der Waals surface area contributed by atoms with Crippen molar-refractivity contribution in [2.45, 2.75) is 367 Å². The monoisotopic (exact) mass is 1090 g/mol. The van der Waals surface area contributed by atoms with Crippen LogP contribution in [-0.2, 0) is 28.6 Å². The molecule has 0 saturated carbocycles. The van der Waals surface area contributed by atoms with Crippen molar-refractivity contribution in [1.82, 2.24) is 0 Å². The average molecular weight is 1090 g/mol. The van der Waals surface area contributed by atoms with Gasteiger partial charge in [0.05, 0.1) is 0 Å². The highest BCUT2D eigenvalue weighted by atomic mass is 16.6. The molecule has 0 N–H and O–H groups in total. The Hall–Kier alpha value is -2.89. The fraction of sp³-hybridized carbons (Fsp3) is 0.819. The van der Waals surface area contributed by atoms with Crippen LogP contribution in [0.25, 0.3) is 0 Å². The van der Waals surface area contributed by atoms with E-state index in [1.54, 1.807) is 0 Å². The molecule has 454 valence electrons. The Kier molecular flexibility index (Phi) is 64.2. The van der Waals surface area contributed by atoms with Gasteiger partial charge in [-0.3, -0.25) is 14.4 Å². The number of hydrogen-bond donors (Lipinski definition) is 0. The minimum atomic E-state index is -0.782. The summed E-state index contributed by atoms with van der Waals surface area (Å²) >= 11 is 0. The van der Waals surface area contributed by atoms with Gasteiger partial charge in [-0.15, -0.1) is 0 Å². The summed E-state index contributed by atoms with van der Waals surface area (Å²) in [4.78, 5) is 38.4. The number of unbranched alkanes of at least 4 members (excludes halogenated alkanes) is 42. The Morgan fingerprint density at radius 2 is 0.500 bits per heavy atom. The van der Waals surface area contributed by atoms with E-state index >= 15 is 0 Å². The molecule has 0 saturated heterocycles. The normalized spacial score (nSPS) is 12.4. The van der Waals surface area contributed by atoms with Gasteiger partial charge < -0.3 is 14.2 Å². The predicted molar refractivity (Wildman–Crippen MR) is 339 cm³/mol. The summed E-state index contributed by atoms with van der Waals surface area (Å²) < 4.78 is 17.0. The molecule has 6 heteroatoms. The van der Waals surface area contributed by atoms with E-state index in [9.17, 15) is 14.4 Å². The molecule has 0 aromatic heterocycles. The fourth-order valence-electron chi connectivity index (χ4n) is 10.1. The molecule has 0 aliphatic heterocycles. The first kappa shape index (κ1) is 75.1. The van der Waals surface area contributed by atoms with Gasteiger partial charge >= 0.3 is 17.9 Å². The third kappa shape index (κ3) is 63.9. The zero-order valence-corrected chi connectivity index (χ0v) is 52.2. The van der Waals surface area contributed by atoms with Gasteiger partial charge in [0.15, 0.2) is 6.10 Å². The van der Waals surface area contributed by atoms with Crippen LogP contribution in [0.2, 0.25) is 0 Å². The van der Waals surface area contributed by atoms with E-state index in [0.29, 0.717) is 19.3 Å². The van der Waals surface area contributed by atoms with Gasteiger partial charge in [0.25, 0.3) is 0 Å². The van der Waals surface area contributed by atoms with Crippen molar-refractivity contribution in [1.29, 1.82) is 0 Å². The van der Waals surface area contributed by atoms with Crippen molar-refractivity contribution < 1.29 is 28.6 Å². The third-order valence-electron chi connectivity index (χ3n) is 15.2. The van der Waals surface area contributed by atoms with Crippen LogP contribution in [0.4, 0.5) is 0 Å². The lowest BCUT2D eigenvalue weighted by Crippen LogP contribution is -2.30. The van der Waals surface area contributed by atoms with Crippen molar-refractivity contribution in [3.05, 3.63) is 60.8 Å². The molecule has 1 atom stereocenters. The van der Waals surface area contributed by atoms with E-state index in [0.717, 1.165) is 83.5 Å². The predicted octanol–water partition coefficient (Wildman–Crippen LogP) is 23.5. The minimum absolute atomic E-state index is 0.0767. The lowest BCUT2D eigenvalue weighted by Gasteiger charge is -2.18. The second-order valence-electron chi connectivity index (χ2n) is 23.1. The van der Waals surface area contributed by atoms with E-state index in [1.165, 1.54) is 238 Å². The van der Waals surface area contributed by atoms with Gasteiger partial charge in [0, 0.05) is 19.3 Å². The molecule has 0 aromatic carbocycles. The van der Waals surface area contributed by atoms with Gasteiger partial charge in [-0.2, -0.15) is 0 Å². The molecule has 0 rings (SSSR count). The topological polar surface area (TPSA) is 78.9 Å². The highest BCUT2D eigenvalue weighted by Crippen LogP contribution is 2.17. The number of hydrogen-bond acceptors (Lipinski definition) is 6. The van der Waals surface area contributed by atoms with Crippen molar-refractivity contribution in [2.24, 2.45) is 0 Å². The van der Waals surface area contributed by atoms with Crippen molar-refractivity contribution in [3.8, 4) is 0 Å². The summed E-state index contributed by atoms with van der Waals surface area (Å²) in [6.07, 6.45) is 85.2. The van der Waals surface area contributed by atoms with Crippen LogP contribution in [-0.4, -0.2) is 37.2 Å². The Balaban J connectivity index is 4.31. The van der Waals surface area contributed by atoms with Crippen LogP contribution in [0.15, 0.2) is 60.8 Å². The molecule has 0 aliphatic carbocycles. The SMILES string of the molecule is CC/C=C\C/C=C\C/C=C\CCCCCCCCCC(=O)OCC(COC(=O)CCCCCCCCCCCCCCC/C=C\CCCCCCCCCC)OC(=O)CCCCCCCCC/C=C\CCCCCCCCC. The maximum absolute atomic E-state index is 12.9. The summed E-state index contributed by atoms with van der Waals surface area (Å²) in [5.74, 6) is -0.870. The Morgan fingerprint density at radius 3 is 0.795 bits per heavy atom. The molecule has 0 aliphatic rings. The van der Waals surface area contributed by atoms with Gasteiger partial charge in [-0.25, -0.2) is 0 Å². The van der Waals surface area contributed by atoms with Crippen LogP contribution in [0, 0.1) is 0 Å². The van der Waals surface area contributed by atoms with Crippen molar-refractivity contribution >= 4 is 17.9 Å². The average Bonchev–Trinajstić information content (AvgIpc) is 3.44. The first-order chi connectivity index (χ1) is 38.5. The van der Waals surface area contributed by atoms with Crippen LogP contribution in [0.3, 0.4) is 0 Å². The molecule has 0 spiro atoms. The number of esters is 3. The summed E-state index contributed by atoms with van der Waals surface area (Å²) in [7, 11) is 0. The maximum atomic E-state index is 12.9. The first-order valence-electron chi connectivity index (χ1n) is 34.3. The molecule has 6 nitrogen and oxygen atoms in total. The third-order valence-corrected chi connectivity index (χ3v) is 15.2. The molecule has 1 unspecified atom stereocenters. The molecular formula is C72H130O6. The van der Waals surface area contributed by atoms with Crippen LogP contribution >= 0.6 is 0 Å². The number of carbonyl (C=O) groups excluding carboxylic acids is 3. The number of rotatable bonds is 63. The quantitative estimate of drug-likeness (QED) is 0.0261. The highest BCUT2D eigenvalue weighted by Gasteiger charge is 2.19. The number of allylic oxidation sites excluding steroid dienone is 10. The Bertz CT molecular complexity index is 1390. The Morgan fingerprint density at radius 1 is 0.269 bits per heavy atom. The summed E-state index contributed by atoms with van der Waals surface area (Å²) in [6.45, 7) is 6.57. The minimum Gasteiger partial charge on any atom is -0.462 e. The van der Waals surface area contributed by atoms with E-state index in [1.807, 2.05) is 0 Å². The van der Waals surface area contributed by atoms with E-state index in [-0.39, 0.29) is 31.1 Å². The van der Waals surface area contributed by atoms with Gasteiger partial charge in [-0.05, 0) is 103 Å². The largest absolute Gasteiger partial charge is 0.462 e. The zero-order valence-electron chi connectivity index (χ0n) is 52.2. The lowest BCUT2D eigenvalue weighted by molar-refractivity contribution is -0.167. The van der Waals surface area contributed by atoms with E-state index in [4.69, 9.17) is 14.2 Å². The van der Waals surface area contributed by atoms with Crippen LogP contribution in [0.1, 0.15) is 361 Å². The zero-order chi connectivity index (χ0) is 56.4. The highest BCUT2D eigenvalue weighted by molar-refractivity contribution is 5.71. The van der Waals surface area contributed by atoms with Gasteiger partial charge in [-0.1, -0.05) is 300 Å². The second kappa shape index (κ2) is 66.6. The van der Waals surface area contributed by atoms with Crippen molar-refractivity contribution in [2.75, 3.05) is 13.2 Å². The van der Waals surface area contributed by atoms with E-state index < -0.39 is 6.10 Å². The van der Waals surface area contributed by atoms with Gasteiger partial charge in [0.1, 0.15) is 13.2 Å². The molecule has 0 amide bonds. The molecule has 0 aromatic rings. The van der Waals surface area contributed by atoms with E-state index in [2.05, 4.69) is 81.5 Å². The fourth-order valence-corrected chi connectivity index (χ4v) is 10.1. The number of ether oxygens (including phenoxy) is 3. The Labute approximate surface area is 485 Å². The maximum Gasteiger partial charge on any atom is 0.306 e. The summed E-state index contributed by atoms with van der Waals surface area (Å²) in [6, 6.07) is 0. The molecule has 0 heterocycles. The summed E-state index contributed by atoms with van der Waals surface area (Å²) in [5.41, 5.74) is 0. The molecular weight excluding hydrogens is 961 g/mol. The van der Waals surface area contributed by atoms with Crippen LogP contribution < -0.4 is 0 Å². The van der Waals surface area contributed by atoms with Gasteiger partial charge in [0.2, 0.25) is 0 Å². The smallest absolute Gasteiger partial charge is 0.306 e. The first-order valence-corrected chi connectivity index (χ1v) is 34.3. The lowest BCUT2D eigenvalue weighted by atomic mass is 10.0. The summed E-state index contributed by atoms with van der Waals surface area (Å²) in [5, 5.41) is 0. The molecule has 0 radical (unpaired) electrons. The second-order valence-corrected chi connectivity index (χ2v) is 23.1. The molecule has 78 heavy (non-hydrogen) atoms. The molecule has 0 fully saturated rings. The standard InChI is InChI=1S/C72H130O6/c1-4-7-10-13-16-19-22-25-28-31-33-34-35-36-37-38-39-42-44-47-50-53-56-59-62-65-71(74)77-68-69(67-76-70(73)64-61-58-55-52-49-46-43-40-30-27-24-21-18-15-12-9-6-3)78-72(75)66-63-60-57-54-51-48-45-41-32-29-26-23-20-17-14-11-8-5-2/h9,12,18,21,27,29-33,69H,4-8,10-11,13-17,19-20,22-26,28,34-68H2,1-3H3/b12-9-,21-18-,30-27-,32-29-,33-31-. The number of carbonyl (C=O) groups is 3.